The number of hydrogen-bond donors (Lipinski definition) is 1. The van der Waals surface area contributed by atoms with Gasteiger partial charge in [-0.2, -0.15) is 0 Å². The first-order valence-electron chi connectivity index (χ1n) is 14.4. The zero-order chi connectivity index (χ0) is 33.8. The van der Waals surface area contributed by atoms with Crippen LogP contribution in [0.1, 0.15) is 43.7 Å². The predicted molar refractivity (Wildman–Crippen MR) is 177 cm³/mol. The Hall–Kier alpha value is -3.58. The maximum absolute atomic E-state index is 14.3. The summed E-state index contributed by atoms with van der Waals surface area (Å²) in [4.78, 5) is 39.5. The molecular formula is C31H33Cl3N4O7S. The summed E-state index contributed by atoms with van der Waals surface area (Å²) in [6.07, 6.45) is 3.61. The summed E-state index contributed by atoms with van der Waals surface area (Å²) < 4.78 is 34.7. The molecule has 4 rings (SSSR count). The Morgan fingerprint density at radius 3 is 2.37 bits per heavy atom. The summed E-state index contributed by atoms with van der Waals surface area (Å²) in [6.45, 7) is 2.13. The van der Waals surface area contributed by atoms with E-state index < -0.39 is 49.9 Å². The normalized spacial score (nSPS) is 14.0. The van der Waals surface area contributed by atoms with E-state index in [0.29, 0.717) is 10.6 Å². The van der Waals surface area contributed by atoms with Crippen molar-refractivity contribution in [3.8, 4) is 5.75 Å². The third kappa shape index (κ3) is 8.03. The number of ether oxygens (including phenoxy) is 1. The average molecular weight is 712 g/mol. The first-order chi connectivity index (χ1) is 21.7. The van der Waals surface area contributed by atoms with Gasteiger partial charge in [-0.3, -0.25) is 24.0 Å². The van der Waals surface area contributed by atoms with Crippen LogP contribution in [0.5, 0.6) is 5.75 Å². The highest BCUT2D eigenvalue weighted by Gasteiger charge is 2.35. The summed E-state index contributed by atoms with van der Waals surface area (Å²) in [6, 6.07) is 11.4. The Bertz CT molecular complexity index is 1750. The second-order valence-corrected chi connectivity index (χ2v) is 14.1. The van der Waals surface area contributed by atoms with Crippen LogP contribution in [0.4, 0.5) is 11.4 Å². The lowest BCUT2D eigenvalue weighted by Crippen LogP contribution is -2.52. The van der Waals surface area contributed by atoms with Crippen molar-refractivity contribution in [1.29, 1.82) is 0 Å². The standard InChI is InChI=1S/C31H33Cl3N4O7S/c1-19-8-11-24(16-27(19)38(41)42)46(43,44)37(28-15-22(32)10-13-29(28)45-3)18-30(39)36(17-21-9-12-25(33)26(34)14-21)20(2)31(40)35-23-6-4-5-7-23/h8-16,20,23H,4-7,17-18H2,1-3H3,(H,35,40)/t20-/m1/s1. The Balaban J connectivity index is 1.79. The Kier molecular flexibility index (Phi) is 11.4. The third-order valence-electron chi connectivity index (χ3n) is 7.86. The highest BCUT2D eigenvalue weighted by atomic mass is 35.5. The molecule has 1 N–H and O–H groups in total. The Morgan fingerprint density at radius 2 is 1.74 bits per heavy atom. The molecule has 11 nitrogen and oxygen atoms in total. The van der Waals surface area contributed by atoms with Crippen LogP contribution in [0.2, 0.25) is 15.1 Å². The molecule has 0 radical (unpaired) electrons. The van der Waals surface area contributed by atoms with E-state index >= 15 is 0 Å². The molecule has 46 heavy (non-hydrogen) atoms. The van der Waals surface area contributed by atoms with Gasteiger partial charge >= 0.3 is 0 Å². The van der Waals surface area contributed by atoms with Gasteiger partial charge in [0.2, 0.25) is 11.8 Å². The smallest absolute Gasteiger partial charge is 0.273 e. The molecule has 0 saturated heterocycles. The first kappa shape index (κ1) is 35.3. The lowest BCUT2D eigenvalue weighted by Gasteiger charge is -2.33. The quantitative estimate of drug-likeness (QED) is 0.166. The second kappa shape index (κ2) is 14.9. The maximum atomic E-state index is 14.3. The van der Waals surface area contributed by atoms with Gasteiger partial charge in [-0.1, -0.05) is 59.8 Å². The molecule has 1 aliphatic carbocycles. The van der Waals surface area contributed by atoms with E-state index in [1.54, 1.807) is 25.1 Å². The molecule has 3 aromatic rings. The van der Waals surface area contributed by atoms with E-state index in [4.69, 9.17) is 39.5 Å². The summed E-state index contributed by atoms with van der Waals surface area (Å²) in [5.41, 5.74) is 0.307. The van der Waals surface area contributed by atoms with Gasteiger partial charge in [0.05, 0.1) is 32.7 Å². The minimum absolute atomic E-state index is 0.0261. The fraction of sp³-hybridized carbons (Fsp3) is 0.355. The summed E-state index contributed by atoms with van der Waals surface area (Å²) in [5.74, 6) is -1.07. The van der Waals surface area contributed by atoms with E-state index in [-0.39, 0.29) is 39.6 Å². The molecule has 3 aromatic carbocycles. The fourth-order valence-electron chi connectivity index (χ4n) is 5.25. The summed E-state index contributed by atoms with van der Waals surface area (Å²) in [5, 5.41) is 15.4. The highest BCUT2D eigenvalue weighted by Crippen LogP contribution is 2.36. The van der Waals surface area contributed by atoms with Crippen LogP contribution >= 0.6 is 34.8 Å². The lowest BCUT2D eigenvalue weighted by molar-refractivity contribution is -0.385. The maximum Gasteiger partial charge on any atom is 0.273 e. The molecule has 1 atom stereocenters. The molecule has 0 aromatic heterocycles. The van der Waals surface area contributed by atoms with Crippen LogP contribution in [0, 0.1) is 17.0 Å². The van der Waals surface area contributed by atoms with Gasteiger partial charge in [0.15, 0.2) is 0 Å². The predicted octanol–water partition coefficient (Wildman–Crippen LogP) is 6.54. The minimum Gasteiger partial charge on any atom is -0.495 e. The minimum atomic E-state index is -4.65. The molecule has 0 heterocycles. The number of nitro benzene ring substituents is 1. The van der Waals surface area contributed by atoms with Gasteiger partial charge in [-0.15, -0.1) is 0 Å². The van der Waals surface area contributed by atoms with Gasteiger partial charge in [0.1, 0.15) is 18.3 Å². The number of nitrogens with zero attached hydrogens (tertiary/aromatic N) is 3. The van der Waals surface area contributed by atoms with Crippen molar-refractivity contribution in [2.45, 2.75) is 63.1 Å². The summed E-state index contributed by atoms with van der Waals surface area (Å²) >= 11 is 18.6. The number of nitrogens with one attached hydrogen (secondary N) is 1. The molecule has 1 saturated carbocycles. The molecule has 246 valence electrons. The highest BCUT2D eigenvalue weighted by molar-refractivity contribution is 7.92. The van der Waals surface area contributed by atoms with Crippen LogP contribution in [-0.4, -0.2) is 55.8 Å². The molecule has 1 fully saturated rings. The molecule has 15 heteroatoms. The van der Waals surface area contributed by atoms with Crippen molar-refractivity contribution in [2.75, 3.05) is 18.0 Å². The van der Waals surface area contributed by atoms with Gasteiger partial charge in [0, 0.05) is 29.2 Å². The van der Waals surface area contributed by atoms with Crippen molar-refractivity contribution in [3.63, 3.8) is 0 Å². The van der Waals surface area contributed by atoms with Gasteiger partial charge < -0.3 is 15.0 Å². The van der Waals surface area contributed by atoms with Crippen LogP contribution in [0.25, 0.3) is 0 Å². The second-order valence-electron chi connectivity index (χ2n) is 11.0. The van der Waals surface area contributed by atoms with E-state index in [1.165, 1.54) is 49.3 Å². The van der Waals surface area contributed by atoms with Gasteiger partial charge in [-0.25, -0.2) is 8.42 Å². The van der Waals surface area contributed by atoms with Crippen molar-refractivity contribution in [1.82, 2.24) is 10.2 Å². The number of methoxy groups -OCH3 is 1. The van der Waals surface area contributed by atoms with E-state index in [1.807, 2.05) is 0 Å². The van der Waals surface area contributed by atoms with Gasteiger partial charge in [-0.05, 0) is 68.7 Å². The number of rotatable bonds is 12. The van der Waals surface area contributed by atoms with Crippen molar-refractivity contribution < 1.29 is 27.7 Å². The number of carbonyl (C=O) groups is 2. The molecule has 0 spiro atoms. The van der Waals surface area contributed by atoms with Crippen LogP contribution in [-0.2, 0) is 26.2 Å². The van der Waals surface area contributed by atoms with Crippen LogP contribution in [0.3, 0.4) is 0 Å². The molecular weight excluding hydrogens is 679 g/mol. The third-order valence-corrected chi connectivity index (χ3v) is 10.6. The SMILES string of the molecule is COc1ccc(Cl)cc1N(CC(=O)N(Cc1ccc(Cl)c(Cl)c1)[C@H](C)C(=O)NC1CCCC1)S(=O)(=O)c1ccc(C)c([N+](=O)[O-])c1. The number of carbonyl (C=O) groups excluding carboxylic acids is 2. The molecule has 0 aliphatic heterocycles. The Labute approximate surface area is 282 Å². The Morgan fingerprint density at radius 1 is 1.04 bits per heavy atom. The van der Waals surface area contributed by atoms with Crippen molar-refractivity contribution >= 4 is 68.0 Å². The number of hydrogen-bond acceptors (Lipinski definition) is 7. The van der Waals surface area contributed by atoms with Crippen LogP contribution < -0.4 is 14.4 Å². The monoisotopic (exact) mass is 710 g/mol. The number of anilines is 1. The number of nitro groups is 1. The number of sulfonamides is 1. The lowest BCUT2D eigenvalue weighted by atomic mass is 10.1. The molecule has 0 bridgehead atoms. The molecule has 2 amide bonds. The fourth-order valence-corrected chi connectivity index (χ4v) is 7.18. The van der Waals surface area contributed by atoms with Crippen molar-refractivity contribution in [2.24, 2.45) is 0 Å². The zero-order valence-corrected chi connectivity index (χ0v) is 28.4. The number of halogens is 3. The first-order valence-corrected chi connectivity index (χ1v) is 17.0. The zero-order valence-electron chi connectivity index (χ0n) is 25.3. The summed E-state index contributed by atoms with van der Waals surface area (Å²) in [7, 11) is -3.33. The number of amides is 2. The average Bonchev–Trinajstić information content (AvgIpc) is 3.52. The van der Waals surface area contributed by atoms with Crippen molar-refractivity contribution in [3.05, 3.63) is 90.9 Å². The van der Waals surface area contributed by atoms with E-state index in [0.717, 1.165) is 36.1 Å². The topological polar surface area (TPSA) is 139 Å². The number of benzene rings is 3. The van der Waals surface area contributed by atoms with Crippen LogP contribution in [0.15, 0.2) is 59.5 Å². The van der Waals surface area contributed by atoms with E-state index in [9.17, 15) is 28.1 Å². The molecule has 1 aliphatic rings. The van der Waals surface area contributed by atoms with E-state index in [2.05, 4.69) is 5.32 Å². The number of aryl methyl sites for hydroxylation is 1. The molecule has 0 unspecified atom stereocenters. The van der Waals surface area contributed by atoms with Gasteiger partial charge in [0.25, 0.3) is 15.7 Å². The largest absolute Gasteiger partial charge is 0.495 e.